The van der Waals surface area contributed by atoms with Crippen molar-refractivity contribution in [3.05, 3.63) is 47.3 Å². The molecule has 0 spiro atoms. The van der Waals surface area contributed by atoms with Crippen LogP contribution in [0.4, 0.5) is 0 Å². The molecule has 2 rings (SSSR count). The third-order valence-corrected chi connectivity index (χ3v) is 3.72. The quantitative estimate of drug-likeness (QED) is 0.286. The van der Waals surface area contributed by atoms with Crippen molar-refractivity contribution < 1.29 is 9.53 Å². The highest BCUT2D eigenvalue weighted by atomic mass is 127. The van der Waals surface area contributed by atoms with E-state index in [0.717, 1.165) is 22.6 Å². The number of aryl methyl sites for hydroxylation is 2. The van der Waals surface area contributed by atoms with Crippen LogP contribution >= 0.6 is 24.0 Å². The zero-order chi connectivity index (χ0) is 20.0. The summed E-state index contributed by atoms with van der Waals surface area (Å²) in [5.41, 5.74) is 3.63. The molecule has 0 aliphatic rings. The van der Waals surface area contributed by atoms with Crippen molar-refractivity contribution in [2.75, 3.05) is 13.6 Å². The van der Waals surface area contributed by atoms with Gasteiger partial charge >= 0.3 is 5.97 Å². The van der Waals surface area contributed by atoms with Gasteiger partial charge in [-0.3, -0.25) is 9.79 Å². The van der Waals surface area contributed by atoms with Crippen LogP contribution in [-0.4, -0.2) is 40.9 Å². The molecule has 0 atom stereocenters. The largest absolute Gasteiger partial charge is 0.459 e. The molecule has 2 aromatic rings. The summed E-state index contributed by atoms with van der Waals surface area (Å²) in [7, 11) is 1.66. The number of guanidine groups is 1. The summed E-state index contributed by atoms with van der Waals surface area (Å²) in [6.07, 6.45) is 0. The Balaban J connectivity index is 0.00000392. The maximum absolute atomic E-state index is 11.9. The summed E-state index contributed by atoms with van der Waals surface area (Å²) >= 11 is 0. The molecule has 0 amide bonds. The highest BCUT2D eigenvalue weighted by molar-refractivity contribution is 14.0. The molecule has 7 nitrogen and oxygen atoms in total. The van der Waals surface area contributed by atoms with E-state index in [-0.39, 0.29) is 36.5 Å². The first-order chi connectivity index (χ1) is 12.7. The van der Waals surface area contributed by atoms with Crippen molar-refractivity contribution in [3.8, 4) is 5.69 Å². The second kappa shape index (κ2) is 10.4. The Hall–Kier alpha value is -2.10. The molecule has 0 saturated heterocycles. The minimum atomic E-state index is -0.506. The average molecular weight is 499 g/mol. The molecule has 1 aromatic carbocycles. The van der Waals surface area contributed by atoms with E-state index in [2.05, 4.69) is 20.7 Å². The number of ether oxygens (including phenoxy) is 1. The number of aliphatic imine (C=N–C) groups is 1. The number of para-hydroxylation sites is 1. The molecule has 0 aliphatic heterocycles. The van der Waals surface area contributed by atoms with E-state index >= 15 is 0 Å². The number of aromatic nitrogens is 2. The molecular formula is C20H30IN5O2. The van der Waals surface area contributed by atoms with Crippen LogP contribution in [0.25, 0.3) is 5.69 Å². The number of benzene rings is 1. The molecule has 1 heterocycles. The van der Waals surface area contributed by atoms with Crippen molar-refractivity contribution >= 4 is 35.9 Å². The second-order valence-corrected chi connectivity index (χ2v) is 7.33. The number of hydrogen-bond donors (Lipinski definition) is 2. The lowest BCUT2D eigenvalue weighted by Crippen LogP contribution is -2.41. The Labute approximate surface area is 184 Å². The Morgan fingerprint density at radius 2 is 1.89 bits per heavy atom. The van der Waals surface area contributed by atoms with Crippen LogP contribution in [0.1, 0.15) is 37.7 Å². The number of halogens is 1. The number of carbonyl (C=O) groups is 1. The number of nitrogens with one attached hydrogen (secondary N) is 2. The van der Waals surface area contributed by atoms with E-state index in [1.54, 1.807) is 7.05 Å². The van der Waals surface area contributed by atoms with Crippen LogP contribution in [0.3, 0.4) is 0 Å². The molecule has 0 radical (unpaired) electrons. The third kappa shape index (κ3) is 7.14. The molecule has 0 bridgehead atoms. The normalized spacial score (nSPS) is 11.6. The van der Waals surface area contributed by atoms with Crippen molar-refractivity contribution in [2.24, 2.45) is 4.99 Å². The molecule has 2 N–H and O–H groups in total. The average Bonchev–Trinajstić information content (AvgIpc) is 2.92. The first kappa shape index (κ1) is 23.9. The molecule has 154 valence electrons. The Bertz CT molecular complexity index is 824. The van der Waals surface area contributed by atoms with Crippen LogP contribution in [0, 0.1) is 13.8 Å². The minimum Gasteiger partial charge on any atom is -0.459 e. The van der Waals surface area contributed by atoms with Gasteiger partial charge in [-0.1, -0.05) is 18.2 Å². The van der Waals surface area contributed by atoms with Gasteiger partial charge in [0, 0.05) is 19.3 Å². The molecule has 8 heteroatoms. The first-order valence-corrected chi connectivity index (χ1v) is 8.97. The van der Waals surface area contributed by atoms with Gasteiger partial charge in [0.2, 0.25) is 0 Å². The van der Waals surface area contributed by atoms with E-state index in [1.165, 1.54) is 0 Å². The van der Waals surface area contributed by atoms with E-state index in [9.17, 15) is 4.79 Å². The Kier molecular flexibility index (Phi) is 8.93. The smallest absolute Gasteiger partial charge is 0.325 e. The highest BCUT2D eigenvalue weighted by Gasteiger charge is 2.16. The molecule has 1 aromatic heterocycles. The highest BCUT2D eigenvalue weighted by Crippen LogP contribution is 2.16. The summed E-state index contributed by atoms with van der Waals surface area (Å²) in [6.45, 7) is 10.1. The topological polar surface area (TPSA) is 80.5 Å². The van der Waals surface area contributed by atoms with Crippen molar-refractivity contribution in [2.45, 2.75) is 46.8 Å². The van der Waals surface area contributed by atoms with Gasteiger partial charge in [0.05, 0.1) is 11.4 Å². The predicted octanol–water partition coefficient (Wildman–Crippen LogP) is 3.11. The lowest BCUT2D eigenvalue weighted by molar-refractivity contribution is -0.153. The zero-order valence-corrected chi connectivity index (χ0v) is 19.7. The van der Waals surface area contributed by atoms with Gasteiger partial charge in [0.15, 0.2) is 5.96 Å². The van der Waals surface area contributed by atoms with Crippen LogP contribution in [0.5, 0.6) is 0 Å². The molecule has 0 saturated carbocycles. The molecule has 0 fully saturated rings. The zero-order valence-electron chi connectivity index (χ0n) is 17.4. The van der Waals surface area contributed by atoms with Gasteiger partial charge in [-0.2, -0.15) is 5.10 Å². The summed E-state index contributed by atoms with van der Waals surface area (Å²) in [6, 6.07) is 10.1. The second-order valence-electron chi connectivity index (χ2n) is 7.33. The van der Waals surface area contributed by atoms with E-state index in [1.807, 2.05) is 69.6 Å². The summed E-state index contributed by atoms with van der Waals surface area (Å²) in [5, 5.41) is 10.8. The van der Waals surface area contributed by atoms with Crippen molar-refractivity contribution in [3.63, 3.8) is 0 Å². The number of esters is 1. The Morgan fingerprint density at radius 1 is 1.21 bits per heavy atom. The molecule has 28 heavy (non-hydrogen) atoms. The van der Waals surface area contributed by atoms with Gasteiger partial charge in [0.25, 0.3) is 0 Å². The molecule has 0 aliphatic carbocycles. The fraction of sp³-hybridized carbons (Fsp3) is 0.450. The first-order valence-electron chi connectivity index (χ1n) is 8.97. The van der Waals surface area contributed by atoms with Gasteiger partial charge < -0.3 is 15.4 Å². The van der Waals surface area contributed by atoms with Crippen LogP contribution in [0.15, 0.2) is 35.3 Å². The van der Waals surface area contributed by atoms with Crippen LogP contribution < -0.4 is 10.6 Å². The fourth-order valence-electron chi connectivity index (χ4n) is 2.67. The molecular weight excluding hydrogens is 469 g/mol. The Morgan fingerprint density at radius 3 is 2.46 bits per heavy atom. The lowest BCUT2D eigenvalue weighted by Gasteiger charge is -2.20. The maximum Gasteiger partial charge on any atom is 0.325 e. The van der Waals surface area contributed by atoms with Crippen LogP contribution in [-0.2, 0) is 16.1 Å². The lowest BCUT2D eigenvalue weighted by atomic mass is 10.1. The fourth-order valence-corrected chi connectivity index (χ4v) is 2.67. The van der Waals surface area contributed by atoms with Crippen LogP contribution in [0.2, 0.25) is 0 Å². The van der Waals surface area contributed by atoms with Gasteiger partial charge in [-0.25, -0.2) is 4.68 Å². The summed E-state index contributed by atoms with van der Waals surface area (Å²) in [4.78, 5) is 16.0. The predicted molar refractivity (Wildman–Crippen MR) is 122 cm³/mol. The monoisotopic (exact) mass is 499 g/mol. The third-order valence-electron chi connectivity index (χ3n) is 3.72. The van der Waals surface area contributed by atoms with Gasteiger partial charge in [-0.15, -0.1) is 24.0 Å². The number of nitrogens with zero attached hydrogens (tertiary/aromatic N) is 3. The number of carbonyl (C=O) groups excluding carboxylic acids is 1. The minimum absolute atomic E-state index is 0. The van der Waals surface area contributed by atoms with Crippen molar-refractivity contribution in [1.82, 2.24) is 20.4 Å². The summed E-state index contributed by atoms with van der Waals surface area (Å²) in [5.74, 6) is 0.206. The maximum atomic E-state index is 11.9. The standard InChI is InChI=1S/C20H29N5O2.HI/c1-14-11-15(2)25(24-14)17-10-8-7-9-16(17)12-22-19(21-6)23-13-18(26)27-20(3,4)5;/h7-11H,12-13H2,1-6H3,(H2,21,22,23);1H. The van der Waals surface area contributed by atoms with Gasteiger partial charge in [-0.05, 0) is 52.3 Å². The number of hydrogen-bond acceptors (Lipinski definition) is 4. The number of rotatable bonds is 5. The van der Waals surface area contributed by atoms with E-state index in [4.69, 9.17) is 4.74 Å². The van der Waals surface area contributed by atoms with E-state index in [0.29, 0.717) is 12.5 Å². The van der Waals surface area contributed by atoms with Gasteiger partial charge in [0.1, 0.15) is 12.1 Å². The molecule has 0 unspecified atom stereocenters. The SMILES string of the molecule is CN=C(NCC(=O)OC(C)(C)C)NCc1ccccc1-n1nc(C)cc1C.I. The van der Waals surface area contributed by atoms with Crippen molar-refractivity contribution in [1.29, 1.82) is 0 Å². The summed E-state index contributed by atoms with van der Waals surface area (Å²) < 4.78 is 7.23. The van der Waals surface area contributed by atoms with E-state index < -0.39 is 5.60 Å².